The fourth-order valence-corrected chi connectivity index (χ4v) is 3.14. The first kappa shape index (κ1) is 13.6. The number of benzene rings is 1. The Hall–Kier alpha value is -1.86. The molecule has 0 amide bonds. The van der Waals surface area contributed by atoms with Gasteiger partial charge in [-0.1, -0.05) is 0 Å². The van der Waals surface area contributed by atoms with Gasteiger partial charge < -0.3 is 10.7 Å². The average Bonchev–Trinajstić information content (AvgIpc) is 2.81. The normalized spacial score (nSPS) is 11.9. The minimum absolute atomic E-state index is 0.194. The Balaban J connectivity index is 2.31. The van der Waals surface area contributed by atoms with Gasteiger partial charge in [0.1, 0.15) is 5.82 Å². The van der Waals surface area contributed by atoms with Gasteiger partial charge in [-0.3, -0.25) is 0 Å². The van der Waals surface area contributed by atoms with Crippen LogP contribution in [0.1, 0.15) is 11.4 Å². The van der Waals surface area contributed by atoms with Gasteiger partial charge in [-0.25, -0.2) is 13.4 Å². The standard InChI is InChI=1S/C12H16N4O2S/c1-9-7-10(13)3-4-11(9)19(17,18)16(2)8-12-14-5-6-15-12/h3-7H,8,13H2,1-2H3,(H,14,15). The molecule has 1 aromatic carbocycles. The van der Waals surface area contributed by atoms with Gasteiger partial charge in [-0.15, -0.1) is 0 Å². The summed E-state index contributed by atoms with van der Waals surface area (Å²) in [6.07, 6.45) is 3.24. The number of nitrogens with one attached hydrogen (secondary N) is 1. The first-order chi connectivity index (χ1) is 8.91. The van der Waals surface area contributed by atoms with E-state index in [9.17, 15) is 8.42 Å². The topological polar surface area (TPSA) is 92.1 Å². The predicted octanol–water partition coefficient (Wildman–Crippen LogP) is 1.12. The molecular weight excluding hydrogens is 264 g/mol. The van der Waals surface area contributed by atoms with Gasteiger partial charge >= 0.3 is 0 Å². The van der Waals surface area contributed by atoms with Crippen LogP contribution in [0.25, 0.3) is 0 Å². The SMILES string of the molecule is Cc1cc(N)ccc1S(=O)(=O)N(C)Cc1ncc[nH]1. The highest BCUT2D eigenvalue weighted by atomic mass is 32.2. The van der Waals surface area contributed by atoms with Crippen molar-refractivity contribution in [1.82, 2.24) is 14.3 Å². The van der Waals surface area contributed by atoms with Crippen molar-refractivity contribution < 1.29 is 8.42 Å². The predicted molar refractivity (Wildman–Crippen MR) is 72.8 cm³/mol. The molecule has 3 N–H and O–H groups in total. The van der Waals surface area contributed by atoms with Crippen molar-refractivity contribution in [3.63, 3.8) is 0 Å². The van der Waals surface area contributed by atoms with Gasteiger partial charge in [0.05, 0.1) is 11.4 Å². The van der Waals surface area contributed by atoms with Crippen LogP contribution in [0, 0.1) is 6.92 Å². The van der Waals surface area contributed by atoms with Crippen molar-refractivity contribution in [2.45, 2.75) is 18.4 Å². The third-order valence-corrected chi connectivity index (χ3v) is 4.78. The summed E-state index contributed by atoms with van der Waals surface area (Å²) >= 11 is 0. The quantitative estimate of drug-likeness (QED) is 0.821. The summed E-state index contributed by atoms with van der Waals surface area (Å²) in [6, 6.07) is 4.76. The van der Waals surface area contributed by atoms with Crippen LogP contribution in [0.4, 0.5) is 5.69 Å². The lowest BCUT2D eigenvalue weighted by molar-refractivity contribution is 0.458. The highest BCUT2D eigenvalue weighted by molar-refractivity contribution is 7.89. The number of H-pyrrole nitrogens is 1. The van der Waals surface area contributed by atoms with Gasteiger partial charge in [0.2, 0.25) is 10.0 Å². The molecule has 0 fully saturated rings. The van der Waals surface area contributed by atoms with Crippen LogP contribution >= 0.6 is 0 Å². The molecule has 2 rings (SSSR count). The second kappa shape index (κ2) is 5.02. The molecular formula is C12H16N4O2S. The molecule has 1 heterocycles. The number of nitrogens with two attached hydrogens (primary N) is 1. The second-order valence-corrected chi connectivity index (χ2v) is 6.34. The molecule has 2 aromatic rings. The highest BCUT2D eigenvalue weighted by Crippen LogP contribution is 2.21. The first-order valence-corrected chi connectivity index (χ1v) is 7.16. The fraction of sp³-hybridized carbons (Fsp3) is 0.250. The molecule has 7 heteroatoms. The zero-order valence-electron chi connectivity index (χ0n) is 10.8. The van der Waals surface area contributed by atoms with E-state index >= 15 is 0 Å². The maximum atomic E-state index is 12.4. The third-order valence-electron chi connectivity index (χ3n) is 2.81. The zero-order chi connectivity index (χ0) is 14.0. The van der Waals surface area contributed by atoms with Gasteiger partial charge in [0.25, 0.3) is 0 Å². The van der Waals surface area contributed by atoms with Gasteiger partial charge in [0.15, 0.2) is 0 Å². The van der Waals surface area contributed by atoms with E-state index in [1.54, 1.807) is 31.5 Å². The Kier molecular flexibility index (Phi) is 3.59. The number of aromatic amines is 1. The van der Waals surface area contributed by atoms with E-state index in [1.807, 2.05) is 0 Å². The van der Waals surface area contributed by atoms with Crippen LogP contribution in [0.5, 0.6) is 0 Å². The summed E-state index contributed by atoms with van der Waals surface area (Å²) in [7, 11) is -2.02. The molecule has 102 valence electrons. The Morgan fingerprint density at radius 2 is 2.16 bits per heavy atom. The van der Waals surface area contributed by atoms with E-state index in [0.717, 1.165) is 0 Å². The van der Waals surface area contributed by atoms with Gasteiger partial charge in [-0.2, -0.15) is 4.31 Å². The molecule has 0 unspecified atom stereocenters. The lowest BCUT2D eigenvalue weighted by Gasteiger charge is -2.17. The molecule has 0 saturated heterocycles. The Morgan fingerprint density at radius 3 is 2.74 bits per heavy atom. The molecule has 19 heavy (non-hydrogen) atoms. The first-order valence-electron chi connectivity index (χ1n) is 5.72. The zero-order valence-corrected chi connectivity index (χ0v) is 11.6. The molecule has 0 saturated carbocycles. The average molecular weight is 280 g/mol. The van der Waals surface area contributed by atoms with E-state index in [0.29, 0.717) is 17.1 Å². The molecule has 1 aromatic heterocycles. The molecule has 0 spiro atoms. The van der Waals surface area contributed by atoms with Crippen LogP contribution in [0.3, 0.4) is 0 Å². The van der Waals surface area contributed by atoms with Crippen molar-refractivity contribution in [2.75, 3.05) is 12.8 Å². The Labute approximate surface area is 112 Å². The van der Waals surface area contributed by atoms with E-state index in [-0.39, 0.29) is 11.4 Å². The summed E-state index contributed by atoms with van der Waals surface area (Å²) in [5.41, 5.74) is 6.81. The summed E-state index contributed by atoms with van der Waals surface area (Å²) in [5.74, 6) is 0.596. The maximum absolute atomic E-state index is 12.4. The molecule has 0 bridgehead atoms. The summed E-state index contributed by atoms with van der Waals surface area (Å²) in [6.45, 7) is 1.92. The number of sulfonamides is 1. The second-order valence-electron chi connectivity index (χ2n) is 4.32. The molecule has 0 aliphatic rings. The smallest absolute Gasteiger partial charge is 0.243 e. The molecule has 0 aliphatic carbocycles. The van der Waals surface area contributed by atoms with E-state index in [1.165, 1.54) is 17.4 Å². The molecule has 0 atom stereocenters. The lowest BCUT2D eigenvalue weighted by Crippen LogP contribution is -2.27. The number of aryl methyl sites for hydroxylation is 1. The Bertz CT molecular complexity index is 665. The largest absolute Gasteiger partial charge is 0.399 e. The number of rotatable bonds is 4. The number of nitrogens with zero attached hydrogens (tertiary/aromatic N) is 2. The van der Waals surface area contributed by atoms with Crippen LogP contribution < -0.4 is 5.73 Å². The maximum Gasteiger partial charge on any atom is 0.243 e. The number of hydrogen-bond donors (Lipinski definition) is 2. The van der Waals surface area contributed by atoms with Crippen LogP contribution in [-0.4, -0.2) is 29.7 Å². The van der Waals surface area contributed by atoms with Crippen molar-refractivity contribution in [1.29, 1.82) is 0 Å². The lowest BCUT2D eigenvalue weighted by atomic mass is 10.2. The number of imidazole rings is 1. The van der Waals surface area contributed by atoms with Crippen LogP contribution in [-0.2, 0) is 16.6 Å². The van der Waals surface area contributed by atoms with E-state index in [4.69, 9.17) is 5.73 Å². The number of aromatic nitrogens is 2. The van der Waals surface area contributed by atoms with E-state index in [2.05, 4.69) is 9.97 Å². The molecule has 6 nitrogen and oxygen atoms in total. The van der Waals surface area contributed by atoms with Crippen LogP contribution in [0.2, 0.25) is 0 Å². The molecule has 0 radical (unpaired) electrons. The van der Waals surface area contributed by atoms with E-state index < -0.39 is 10.0 Å². The monoisotopic (exact) mass is 280 g/mol. The van der Waals surface area contributed by atoms with Crippen LogP contribution in [0.15, 0.2) is 35.5 Å². The number of nitrogen functional groups attached to an aromatic ring is 1. The summed E-state index contributed by atoms with van der Waals surface area (Å²) in [4.78, 5) is 7.16. The summed E-state index contributed by atoms with van der Waals surface area (Å²) in [5, 5.41) is 0. The van der Waals surface area contributed by atoms with Gasteiger partial charge in [0, 0.05) is 25.1 Å². The fourth-order valence-electron chi connectivity index (χ4n) is 1.81. The number of hydrogen-bond acceptors (Lipinski definition) is 4. The molecule has 0 aliphatic heterocycles. The van der Waals surface area contributed by atoms with Crippen molar-refractivity contribution in [3.05, 3.63) is 42.0 Å². The minimum Gasteiger partial charge on any atom is -0.399 e. The van der Waals surface area contributed by atoms with Gasteiger partial charge in [-0.05, 0) is 30.7 Å². The van der Waals surface area contributed by atoms with Crippen molar-refractivity contribution in [2.24, 2.45) is 0 Å². The highest BCUT2D eigenvalue weighted by Gasteiger charge is 2.23. The number of anilines is 1. The minimum atomic E-state index is -3.54. The Morgan fingerprint density at radius 1 is 1.42 bits per heavy atom. The van der Waals surface area contributed by atoms with Crippen molar-refractivity contribution in [3.8, 4) is 0 Å². The third kappa shape index (κ3) is 2.77. The summed E-state index contributed by atoms with van der Waals surface area (Å²) < 4.78 is 26.1. The van der Waals surface area contributed by atoms with Crippen molar-refractivity contribution >= 4 is 15.7 Å².